The van der Waals surface area contributed by atoms with Crippen LogP contribution in [-0.4, -0.2) is 45.3 Å². The molecule has 30 heavy (non-hydrogen) atoms. The summed E-state index contributed by atoms with van der Waals surface area (Å²) < 4.78 is 26.5. The molecule has 2 N–H and O–H groups in total. The van der Waals surface area contributed by atoms with E-state index in [1.54, 1.807) is 24.3 Å². The van der Waals surface area contributed by atoms with Crippen LogP contribution in [0.2, 0.25) is 0 Å². The lowest BCUT2D eigenvalue weighted by Gasteiger charge is -2.18. The maximum absolute atomic E-state index is 12.5. The van der Waals surface area contributed by atoms with E-state index in [0.29, 0.717) is 26.2 Å². The number of quaternary nitrogens is 1. The van der Waals surface area contributed by atoms with Gasteiger partial charge in [-0.2, -0.15) is 4.31 Å². The summed E-state index contributed by atoms with van der Waals surface area (Å²) in [5.41, 5.74) is 4.60. The zero-order valence-corrected chi connectivity index (χ0v) is 19.5. The summed E-state index contributed by atoms with van der Waals surface area (Å²) in [4.78, 5) is 13.7. The van der Waals surface area contributed by atoms with Crippen molar-refractivity contribution in [3.63, 3.8) is 0 Å². The number of rotatable bonds is 10. The minimum Gasteiger partial charge on any atom is -0.347 e. The second-order valence-electron chi connectivity index (χ2n) is 7.75. The van der Waals surface area contributed by atoms with Gasteiger partial charge < -0.3 is 10.2 Å². The molecule has 6 nitrogen and oxygen atoms in total. The average Bonchev–Trinajstić information content (AvgIpc) is 2.69. The predicted octanol–water partition coefficient (Wildman–Crippen LogP) is 1.67. The van der Waals surface area contributed by atoms with Crippen LogP contribution in [0.5, 0.6) is 0 Å². The van der Waals surface area contributed by atoms with Gasteiger partial charge in [-0.25, -0.2) is 8.42 Å². The highest BCUT2D eigenvalue weighted by Gasteiger charge is 2.21. The third kappa shape index (κ3) is 6.39. The number of carbonyl (C=O) groups excluding carboxylic acids is 1. The number of hydrogen-bond donors (Lipinski definition) is 2. The zero-order chi connectivity index (χ0) is 22.3. The quantitative estimate of drug-likeness (QED) is 0.600. The molecule has 1 amide bonds. The maximum atomic E-state index is 12.5. The van der Waals surface area contributed by atoms with E-state index in [-0.39, 0.29) is 10.8 Å². The molecule has 2 aromatic carbocycles. The van der Waals surface area contributed by atoms with Crippen LogP contribution in [0.25, 0.3) is 0 Å². The standard InChI is InChI=1S/C23H33N3O3S/c1-6-26(7-2)30(28,29)22-12-9-20(10-13-22)15-24-23(27)17-25(5)16-21-11-8-18(3)14-19(21)4/h8-14H,6-7,15-17H2,1-5H3,(H,24,27)/p+1. The van der Waals surface area contributed by atoms with E-state index in [0.717, 1.165) is 17.0 Å². The van der Waals surface area contributed by atoms with Gasteiger partial charge in [-0.3, -0.25) is 4.79 Å². The molecule has 0 aliphatic heterocycles. The number of likely N-dealkylation sites (N-methyl/N-ethyl adjacent to an activating group) is 1. The summed E-state index contributed by atoms with van der Waals surface area (Å²) in [6, 6.07) is 13.1. The lowest BCUT2D eigenvalue weighted by Crippen LogP contribution is -3.08. The summed E-state index contributed by atoms with van der Waals surface area (Å²) in [6.07, 6.45) is 0. The van der Waals surface area contributed by atoms with Crippen molar-refractivity contribution < 1.29 is 18.1 Å². The Bertz CT molecular complexity index is 952. The lowest BCUT2D eigenvalue weighted by atomic mass is 10.1. The fourth-order valence-electron chi connectivity index (χ4n) is 3.46. The van der Waals surface area contributed by atoms with Gasteiger partial charge >= 0.3 is 0 Å². The number of nitrogens with one attached hydrogen (secondary N) is 2. The van der Waals surface area contributed by atoms with Gasteiger partial charge in [0, 0.05) is 25.2 Å². The molecule has 0 aliphatic carbocycles. The van der Waals surface area contributed by atoms with Crippen LogP contribution in [0.4, 0.5) is 0 Å². The van der Waals surface area contributed by atoms with Crippen LogP contribution in [0.15, 0.2) is 47.4 Å². The molecule has 0 spiro atoms. The van der Waals surface area contributed by atoms with Crippen LogP contribution in [0, 0.1) is 13.8 Å². The first kappa shape index (κ1) is 24.1. The van der Waals surface area contributed by atoms with Crippen molar-refractivity contribution in [1.29, 1.82) is 0 Å². The van der Waals surface area contributed by atoms with Crippen molar-refractivity contribution >= 4 is 15.9 Å². The van der Waals surface area contributed by atoms with Gasteiger partial charge in [-0.15, -0.1) is 0 Å². The third-order valence-electron chi connectivity index (χ3n) is 5.21. The smallest absolute Gasteiger partial charge is 0.275 e. The van der Waals surface area contributed by atoms with E-state index in [4.69, 9.17) is 0 Å². The Labute approximate surface area is 180 Å². The van der Waals surface area contributed by atoms with Gasteiger partial charge in [0.15, 0.2) is 6.54 Å². The van der Waals surface area contributed by atoms with Crippen LogP contribution < -0.4 is 10.2 Å². The molecule has 0 heterocycles. The van der Waals surface area contributed by atoms with Gasteiger partial charge in [0.1, 0.15) is 6.54 Å². The summed E-state index contributed by atoms with van der Waals surface area (Å²) in [6.45, 7) is 10.2. The van der Waals surface area contributed by atoms with E-state index in [1.165, 1.54) is 21.0 Å². The Kier molecular flexibility index (Phi) is 8.58. The van der Waals surface area contributed by atoms with Crippen molar-refractivity contribution in [3.05, 3.63) is 64.7 Å². The average molecular weight is 433 g/mol. The van der Waals surface area contributed by atoms with Gasteiger partial charge in [-0.1, -0.05) is 49.7 Å². The molecule has 164 valence electrons. The molecule has 0 saturated carbocycles. The van der Waals surface area contributed by atoms with Gasteiger partial charge in [0.2, 0.25) is 10.0 Å². The predicted molar refractivity (Wildman–Crippen MR) is 120 cm³/mol. The van der Waals surface area contributed by atoms with E-state index >= 15 is 0 Å². The molecular formula is C23H34N3O3S+. The summed E-state index contributed by atoms with van der Waals surface area (Å²) in [5.74, 6) is -0.0305. The van der Waals surface area contributed by atoms with Crippen molar-refractivity contribution in [2.24, 2.45) is 0 Å². The van der Waals surface area contributed by atoms with E-state index in [2.05, 4.69) is 37.4 Å². The first-order chi connectivity index (χ1) is 14.2. The number of aryl methyl sites for hydroxylation is 2. The van der Waals surface area contributed by atoms with Crippen LogP contribution >= 0.6 is 0 Å². The second kappa shape index (κ2) is 10.7. The third-order valence-corrected chi connectivity index (χ3v) is 7.27. The Hall–Kier alpha value is -2.22. The largest absolute Gasteiger partial charge is 0.347 e. The van der Waals surface area contributed by atoms with E-state index in [1.807, 2.05) is 20.9 Å². The molecule has 0 bridgehead atoms. The molecule has 0 aliphatic rings. The van der Waals surface area contributed by atoms with Crippen molar-refractivity contribution in [3.8, 4) is 0 Å². The molecule has 0 fully saturated rings. The van der Waals surface area contributed by atoms with E-state index in [9.17, 15) is 13.2 Å². The Balaban J connectivity index is 1.88. The van der Waals surface area contributed by atoms with Gasteiger partial charge in [0.25, 0.3) is 5.91 Å². The SMILES string of the molecule is CCN(CC)S(=O)(=O)c1ccc(CNC(=O)C[NH+](C)Cc2ccc(C)cc2C)cc1. The Morgan fingerprint density at radius 1 is 1.03 bits per heavy atom. The maximum Gasteiger partial charge on any atom is 0.275 e. The highest BCUT2D eigenvalue weighted by molar-refractivity contribution is 7.89. The number of hydrogen-bond acceptors (Lipinski definition) is 3. The molecule has 2 rings (SSSR count). The summed E-state index contributed by atoms with van der Waals surface area (Å²) in [7, 11) is -1.45. The first-order valence-electron chi connectivity index (χ1n) is 10.4. The number of sulfonamides is 1. The zero-order valence-electron chi connectivity index (χ0n) is 18.7. The number of carbonyl (C=O) groups is 1. The van der Waals surface area contributed by atoms with Crippen molar-refractivity contribution in [2.75, 3.05) is 26.7 Å². The van der Waals surface area contributed by atoms with E-state index < -0.39 is 10.0 Å². The number of amides is 1. The molecule has 0 radical (unpaired) electrons. The fraction of sp³-hybridized carbons (Fsp3) is 0.435. The first-order valence-corrected chi connectivity index (χ1v) is 11.8. The normalized spacial score (nSPS) is 12.7. The number of benzene rings is 2. The minimum absolute atomic E-state index is 0.0305. The van der Waals surface area contributed by atoms with Gasteiger partial charge in [-0.05, 0) is 37.1 Å². The fourth-order valence-corrected chi connectivity index (χ4v) is 4.92. The molecule has 0 saturated heterocycles. The van der Waals surface area contributed by atoms with Crippen molar-refractivity contribution in [1.82, 2.24) is 9.62 Å². The minimum atomic E-state index is -3.46. The Morgan fingerprint density at radius 2 is 1.67 bits per heavy atom. The van der Waals surface area contributed by atoms with Gasteiger partial charge in [0.05, 0.1) is 11.9 Å². The van der Waals surface area contributed by atoms with Crippen LogP contribution in [0.3, 0.4) is 0 Å². The summed E-state index contributed by atoms with van der Waals surface area (Å²) in [5, 5.41) is 2.92. The molecule has 7 heteroatoms. The highest BCUT2D eigenvalue weighted by Crippen LogP contribution is 2.16. The topological polar surface area (TPSA) is 70.9 Å². The van der Waals surface area contributed by atoms with Crippen LogP contribution in [0.1, 0.15) is 36.1 Å². The Morgan fingerprint density at radius 3 is 2.23 bits per heavy atom. The molecular weight excluding hydrogens is 398 g/mol. The van der Waals surface area contributed by atoms with Crippen molar-refractivity contribution in [2.45, 2.75) is 45.7 Å². The molecule has 0 aromatic heterocycles. The monoisotopic (exact) mass is 432 g/mol. The number of nitrogens with zero attached hydrogens (tertiary/aromatic N) is 1. The lowest BCUT2D eigenvalue weighted by molar-refractivity contribution is -0.885. The molecule has 1 atom stereocenters. The van der Waals surface area contributed by atoms with Crippen LogP contribution in [-0.2, 0) is 27.9 Å². The molecule has 1 unspecified atom stereocenters. The molecule has 2 aromatic rings. The second-order valence-corrected chi connectivity index (χ2v) is 9.69. The summed E-state index contributed by atoms with van der Waals surface area (Å²) >= 11 is 0. The highest BCUT2D eigenvalue weighted by atomic mass is 32.2.